The van der Waals surface area contributed by atoms with Gasteiger partial charge in [0.25, 0.3) is 0 Å². The molecule has 2 heteroatoms. The van der Waals surface area contributed by atoms with Crippen LogP contribution in [0.2, 0.25) is 0 Å². The molecule has 0 bridgehead atoms. The van der Waals surface area contributed by atoms with E-state index in [-0.39, 0.29) is 6.04 Å². The summed E-state index contributed by atoms with van der Waals surface area (Å²) in [5.74, 6) is 1.17. The van der Waals surface area contributed by atoms with Crippen LogP contribution in [0.1, 0.15) is 71.6 Å². The SMILES string of the molecule is CCNC(CC1CCCCCCC1)C(=O)CC. The number of carbonyl (C=O) groups is 1. The van der Waals surface area contributed by atoms with Gasteiger partial charge < -0.3 is 5.32 Å². The van der Waals surface area contributed by atoms with Crippen molar-refractivity contribution in [2.24, 2.45) is 5.92 Å². The number of nitrogens with one attached hydrogen (secondary N) is 1. The quantitative estimate of drug-likeness (QED) is 0.766. The Bertz CT molecular complexity index is 207. The van der Waals surface area contributed by atoms with E-state index in [1.54, 1.807) is 0 Å². The summed E-state index contributed by atoms with van der Waals surface area (Å²) >= 11 is 0. The van der Waals surface area contributed by atoms with E-state index in [4.69, 9.17) is 0 Å². The molecule has 1 atom stereocenters. The van der Waals surface area contributed by atoms with Gasteiger partial charge in [0.2, 0.25) is 0 Å². The average molecular weight is 239 g/mol. The third-order valence-corrected chi connectivity index (χ3v) is 3.98. The highest BCUT2D eigenvalue weighted by atomic mass is 16.1. The number of hydrogen-bond acceptors (Lipinski definition) is 2. The summed E-state index contributed by atoms with van der Waals surface area (Å²) in [7, 11) is 0. The van der Waals surface area contributed by atoms with Crippen molar-refractivity contribution in [3.63, 3.8) is 0 Å². The predicted octanol–water partition coefficient (Wildman–Crippen LogP) is 3.69. The first-order valence-electron chi connectivity index (χ1n) is 7.54. The molecule has 0 aromatic heterocycles. The maximum absolute atomic E-state index is 11.9. The van der Waals surface area contributed by atoms with Crippen molar-refractivity contribution in [2.45, 2.75) is 77.7 Å². The number of rotatable bonds is 6. The van der Waals surface area contributed by atoms with Crippen molar-refractivity contribution in [1.29, 1.82) is 0 Å². The van der Waals surface area contributed by atoms with Crippen LogP contribution in [0.5, 0.6) is 0 Å². The fraction of sp³-hybridized carbons (Fsp3) is 0.933. The van der Waals surface area contributed by atoms with Gasteiger partial charge in [-0.2, -0.15) is 0 Å². The van der Waals surface area contributed by atoms with Gasteiger partial charge in [-0.05, 0) is 18.9 Å². The molecule has 1 aliphatic rings. The van der Waals surface area contributed by atoms with Gasteiger partial charge in [0.1, 0.15) is 5.78 Å². The van der Waals surface area contributed by atoms with Gasteiger partial charge in [-0.25, -0.2) is 0 Å². The molecule has 1 unspecified atom stereocenters. The Labute approximate surface area is 107 Å². The van der Waals surface area contributed by atoms with E-state index in [1.165, 1.54) is 44.9 Å². The molecule has 0 heterocycles. The first-order chi connectivity index (χ1) is 8.27. The molecule has 1 rings (SSSR count). The van der Waals surface area contributed by atoms with Gasteiger partial charge in [-0.15, -0.1) is 0 Å². The van der Waals surface area contributed by atoms with Crippen molar-refractivity contribution in [2.75, 3.05) is 6.54 Å². The second-order valence-corrected chi connectivity index (χ2v) is 5.38. The molecule has 17 heavy (non-hydrogen) atoms. The zero-order chi connectivity index (χ0) is 12.5. The normalized spacial score (nSPS) is 20.6. The highest BCUT2D eigenvalue weighted by molar-refractivity contribution is 5.83. The fourth-order valence-corrected chi connectivity index (χ4v) is 2.93. The lowest BCUT2D eigenvalue weighted by Gasteiger charge is -2.24. The van der Waals surface area contributed by atoms with E-state index in [1.807, 2.05) is 6.92 Å². The third kappa shape index (κ3) is 5.67. The van der Waals surface area contributed by atoms with E-state index >= 15 is 0 Å². The molecule has 1 aliphatic carbocycles. The number of ketones is 1. The van der Waals surface area contributed by atoms with Crippen LogP contribution in [0.4, 0.5) is 0 Å². The molecule has 1 N–H and O–H groups in total. The van der Waals surface area contributed by atoms with Crippen LogP contribution in [-0.2, 0) is 4.79 Å². The largest absolute Gasteiger partial charge is 0.308 e. The smallest absolute Gasteiger partial charge is 0.149 e. The molecule has 100 valence electrons. The molecule has 0 saturated heterocycles. The molecule has 2 nitrogen and oxygen atoms in total. The average Bonchev–Trinajstić information content (AvgIpc) is 2.30. The monoisotopic (exact) mass is 239 g/mol. The zero-order valence-electron chi connectivity index (χ0n) is 11.6. The molecule has 0 aliphatic heterocycles. The van der Waals surface area contributed by atoms with Gasteiger partial charge in [-0.3, -0.25) is 4.79 Å². The lowest BCUT2D eigenvalue weighted by Crippen LogP contribution is -2.38. The molecular formula is C15H29NO. The van der Waals surface area contributed by atoms with Crippen molar-refractivity contribution in [1.82, 2.24) is 5.32 Å². The summed E-state index contributed by atoms with van der Waals surface area (Å²) in [5, 5.41) is 3.37. The molecule has 0 aromatic carbocycles. The second kappa shape index (κ2) is 8.68. The molecule has 1 fully saturated rings. The lowest BCUT2D eigenvalue weighted by atomic mass is 9.85. The van der Waals surface area contributed by atoms with Crippen molar-refractivity contribution < 1.29 is 4.79 Å². The van der Waals surface area contributed by atoms with Gasteiger partial charge >= 0.3 is 0 Å². The number of carbonyl (C=O) groups excluding carboxylic acids is 1. The van der Waals surface area contributed by atoms with Crippen LogP contribution in [-0.4, -0.2) is 18.4 Å². The minimum atomic E-state index is 0.120. The minimum absolute atomic E-state index is 0.120. The lowest BCUT2D eigenvalue weighted by molar-refractivity contribution is -0.121. The van der Waals surface area contributed by atoms with Crippen molar-refractivity contribution >= 4 is 5.78 Å². The van der Waals surface area contributed by atoms with Crippen LogP contribution >= 0.6 is 0 Å². The van der Waals surface area contributed by atoms with Crippen LogP contribution in [0.3, 0.4) is 0 Å². The fourth-order valence-electron chi connectivity index (χ4n) is 2.93. The Morgan fingerprint density at radius 3 is 2.24 bits per heavy atom. The minimum Gasteiger partial charge on any atom is -0.308 e. The first kappa shape index (κ1) is 14.7. The van der Waals surface area contributed by atoms with Crippen LogP contribution in [0.15, 0.2) is 0 Å². The predicted molar refractivity (Wildman–Crippen MR) is 73.2 cm³/mol. The number of Topliss-reactive ketones (excluding diaryl/α,β-unsaturated/α-hetero) is 1. The Kier molecular flexibility index (Phi) is 7.50. The van der Waals surface area contributed by atoms with Crippen LogP contribution in [0.25, 0.3) is 0 Å². The highest BCUT2D eigenvalue weighted by Crippen LogP contribution is 2.26. The first-order valence-corrected chi connectivity index (χ1v) is 7.54. The Morgan fingerprint density at radius 1 is 1.12 bits per heavy atom. The molecule has 0 spiro atoms. The summed E-state index contributed by atoms with van der Waals surface area (Å²) in [6, 6.07) is 0.120. The van der Waals surface area contributed by atoms with Gasteiger partial charge in [0, 0.05) is 6.42 Å². The molecule has 1 saturated carbocycles. The second-order valence-electron chi connectivity index (χ2n) is 5.38. The van der Waals surface area contributed by atoms with Crippen molar-refractivity contribution in [3.05, 3.63) is 0 Å². The number of hydrogen-bond donors (Lipinski definition) is 1. The maximum Gasteiger partial charge on any atom is 0.149 e. The topological polar surface area (TPSA) is 29.1 Å². The maximum atomic E-state index is 11.9. The molecule has 0 radical (unpaired) electrons. The summed E-state index contributed by atoms with van der Waals surface area (Å²) in [6.45, 7) is 4.97. The Morgan fingerprint density at radius 2 is 1.71 bits per heavy atom. The number of likely N-dealkylation sites (N-methyl/N-ethyl adjacent to an activating group) is 1. The highest BCUT2D eigenvalue weighted by Gasteiger charge is 2.21. The van der Waals surface area contributed by atoms with Crippen LogP contribution in [0, 0.1) is 5.92 Å². The van der Waals surface area contributed by atoms with Gasteiger partial charge in [0.15, 0.2) is 0 Å². The van der Waals surface area contributed by atoms with Gasteiger partial charge in [-0.1, -0.05) is 58.8 Å². The van der Waals surface area contributed by atoms with E-state index in [2.05, 4.69) is 12.2 Å². The third-order valence-electron chi connectivity index (χ3n) is 3.98. The van der Waals surface area contributed by atoms with E-state index in [0.717, 1.165) is 18.9 Å². The summed E-state index contributed by atoms with van der Waals surface area (Å²) in [4.78, 5) is 11.9. The van der Waals surface area contributed by atoms with Crippen LogP contribution < -0.4 is 5.32 Å². The summed E-state index contributed by atoms with van der Waals surface area (Å²) in [5.41, 5.74) is 0. The van der Waals surface area contributed by atoms with E-state index in [0.29, 0.717) is 12.2 Å². The zero-order valence-corrected chi connectivity index (χ0v) is 11.6. The van der Waals surface area contributed by atoms with E-state index < -0.39 is 0 Å². The molecule has 0 aromatic rings. The molecule has 0 amide bonds. The summed E-state index contributed by atoms with van der Waals surface area (Å²) < 4.78 is 0. The van der Waals surface area contributed by atoms with Crippen molar-refractivity contribution in [3.8, 4) is 0 Å². The standard InChI is InChI=1S/C15H29NO/c1-3-15(17)14(16-4-2)12-13-10-8-6-5-7-9-11-13/h13-14,16H,3-12H2,1-2H3. The molecular weight excluding hydrogens is 210 g/mol. The van der Waals surface area contributed by atoms with Gasteiger partial charge in [0.05, 0.1) is 6.04 Å². The summed E-state index contributed by atoms with van der Waals surface area (Å²) in [6.07, 6.45) is 11.3. The Hall–Kier alpha value is -0.370. The Balaban J connectivity index is 2.42. The van der Waals surface area contributed by atoms with E-state index in [9.17, 15) is 4.79 Å².